The van der Waals surface area contributed by atoms with E-state index in [1.54, 1.807) is 0 Å². The Morgan fingerprint density at radius 2 is 1.67 bits per heavy atom. The molecule has 0 bridgehead atoms. The van der Waals surface area contributed by atoms with Crippen LogP contribution in [-0.2, 0) is 6.18 Å². The Morgan fingerprint density at radius 1 is 1.00 bits per heavy atom. The highest BCUT2D eigenvalue weighted by atomic mass is 79.9. The quantitative estimate of drug-likeness (QED) is 0.670. The average Bonchev–Trinajstić information content (AvgIpc) is 2.40. The van der Waals surface area contributed by atoms with Gasteiger partial charge in [-0.1, -0.05) is 45.2 Å². The minimum atomic E-state index is -4.48. The third kappa shape index (κ3) is 3.72. The largest absolute Gasteiger partial charge is 0.416 e. The van der Waals surface area contributed by atoms with Crippen LogP contribution in [-0.4, -0.2) is 5.11 Å². The van der Waals surface area contributed by atoms with Gasteiger partial charge in [-0.2, -0.15) is 13.2 Å². The van der Waals surface area contributed by atoms with Gasteiger partial charge in [-0.25, -0.2) is 0 Å². The zero-order valence-corrected chi connectivity index (χ0v) is 13.4. The summed E-state index contributed by atoms with van der Waals surface area (Å²) < 4.78 is 38.6. The summed E-state index contributed by atoms with van der Waals surface area (Å²) in [5, 5.41) is 10.8. The zero-order valence-electron chi connectivity index (χ0n) is 10.3. The van der Waals surface area contributed by atoms with Crippen LogP contribution in [0.4, 0.5) is 13.2 Å². The summed E-state index contributed by atoms with van der Waals surface area (Å²) >= 11 is 14.8. The van der Waals surface area contributed by atoms with Crippen LogP contribution in [0.15, 0.2) is 40.9 Å². The Kier molecular flexibility index (Phi) is 4.88. The summed E-state index contributed by atoms with van der Waals surface area (Å²) in [6.45, 7) is 0. The number of halogens is 6. The molecule has 0 aliphatic carbocycles. The highest BCUT2D eigenvalue weighted by Crippen LogP contribution is 2.36. The first kappa shape index (κ1) is 16.6. The van der Waals surface area contributed by atoms with Gasteiger partial charge in [0.2, 0.25) is 0 Å². The molecule has 2 aromatic carbocycles. The fraction of sp³-hybridized carbons (Fsp3) is 0.143. The van der Waals surface area contributed by atoms with Gasteiger partial charge < -0.3 is 5.11 Å². The summed E-state index contributed by atoms with van der Waals surface area (Å²) in [4.78, 5) is 0. The maximum atomic E-state index is 12.7. The van der Waals surface area contributed by atoms with Gasteiger partial charge in [0, 0.05) is 4.47 Å². The zero-order chi connectivity index (χ0) is 15.8. The predicted octanol–water partition coefficient (Wildman–Crippen LogP) is 5.86. The SMILES string of the molecule is OC(c1ccc(Cl)c(Cl)c1)c1cc(C(F)(F)F)ccc1Br. The van der Waals surface area contributed by atoms with E-state index in [0.29, 0.717) is 15.1 Å². The number of aliphatic hydroxyl groups excluding tert-OH is 1. The maximum absolute atomic E-state index is 12.7. The van der Waals surface area contributed by atoms with Gasteiger partial charge in [-0.15, -0.1) is 0 Å². The monoisotopic (exact) mass is 398 g/mol. The maximum Gasteiger partial charge on any atom is 0.416 e. The lowest BCUT2D eigenvalue weighted by Crippen LogP contribution is -2.08. The molecule has 1 unspecified atom stereocenters. The van der Waals surface area contributed by atoms with Crippen molar-refractivity contribution in [1.29, 1.82) is 0 Å². The number of rotatable bonds is 2. The second-order valence-electron chi connectivity index (χ2n) is 4.31. The molecule has 0 saturated heterocycles. The van der Waals surface area contributed by atoms with Crippen molar-refractivity contribution in [3.05, 3.63) is 67.6 Å². The third-order valence-corrected chi connectivity index (χ3v) is 4.34. The highest BCUT2D eigenvalue weighted by molar-refractivity contribution is 9.10. The van der Waals surface area contributed by atoms with E-state index in [4.69, 9.17) is 23.2 Å². The van der Waals surface area contributed by atoms with E-state index >= 15 is 0 Å². The molecule has 2 aromatic rings. The Bertz CT molecular complexity index is 674. The van der Waals surface area contributed by atoms with Gasteiger partial charge in [0.25, 0.3) is 0 Å². The predicted molar refractivity (Wildman–Crippen MR) is 79.7 cm³/mol. The van der Waals surface area contributed by atoms with E-state index in [2.05, 4.69) is 15.9 Å². The first-order valence-electron chi connectivity index (χ1n) is 5.70. The molecular formula is C14H8BrCl2F3O. The van der Waals surface area contributed by atoms with Gasteiger partial charge in [-0.05, 0) is 41.5 Å². The molecule has 0 spiro atoms. The Balaban J connectivity index is 2.47. The molecule has 0 fully saturated rings. The van der Waals surface area contributed by atoms with Gasteiger partial charge >= 0.3 is 6.18 Å². The van der Waals surface area contributed by atoms with Crippen LogP contribution in [0.25, 0.3) is 0 Å². The van der Waals surface area contributed by atoms with E-state index in [1.165, 1.54) is 24.3 Å². The molecule has 0 saturated carbocycles. The molecule has 0 radical (unpaired) electrons. The summed E-state index contributed by atoms with van der Waals surface area (Å²) in [7, 11) is 0. The molecule has 1 atom stereocenters. The number of hydrogen-bond acceptors (Lipinski definition) is 1. The summed E-state index contributed by atoms with van der Waals surface area (Å²) in [5.74, 6) is 0. The van der Waals surface area contributed by atoms with Crippen LogP contribution >= 0.6 is 39.1 Å². The van der Waals surface area contributed by atoms with E-state index in [1.807, 2.05) is 0 Å². The minimum Gasteiger partial charge on any atom is -0.384 e. The Morgan fingerprint density at radius 3 is 2.24 bits per heavy atom. The molecular weight excluding hydrogens is 392 g/mol. The summed E-state index contributed by atoms with van der Waals surface area (Å²) in [6.07, 6.45) is -5.73. The average molecular weight is 400 g/mol. The molecule has 1 N–H and O–H groups in total. The second kappa shape index (κ2) is 6.16. The van der Waals surface area contributed by atoms with Crippen molar-refractivity contribution in [2.45, 2.75) is 12.3 Å². The van der Waals surface area contributed by atoms with Crippen molar-refractivity contribution < 1.29 is 18.3 Å². The first-order chi connectivity index (χ1) is 9.70. The molecule has 0 aliphatic heterocycles. The van der Waals surface area contributed by atoms with Crippen LogP contribution in [0.3, 0.4) is 0 Å². The molecule has 21 heavy (non-hydrogen) atoms. The lowest BCUT2D eigenvalue weighted by molar-refractivity contribution is -0.137. The lowest BCUT2D eigenvalue weighted by Gasteiger charge is -2.16. The first-order valence-corrected chi connectivity index (χ1v) is 7.24. The van der Waals surface area contributed by atoms with E-state index < -0.39 is 17.8 Å². The molecule has 1 nitrogen and oxygen atoms in total. The smallest absolute Gasteiger partial charge is 0.384 e. The molecule has 2 rings (SSSR count). The van der Waals surface area contributed by atoms with Crippen LogP contribution in [0, 0.1) is 0 Å². The molecule has 0 heterocycles. The fourth-order valence-corrected chi connectivity index (χ4v) is 2.56. The number of benzene rings is 2. The van der Waals surface area contributed by atoms with Crippen molar-refractivity contribution >= 4 is 39.1 Å². The van der Waals surface area contributed by atoms with Crippen LogP contribution in [0.5, 0.6) is 0 Å². The second-order valence-corrected chi connectivity index (χ2v) is 5.98. The van der Waals surface area contributed by atoms with Gasteiger partial charge in [-0.3, -0.25) is 0 Å². The normalized spacial score (nSPS) is 13.3. The van der Waals surface area contributed by atoms with E-state index in [0.717, 1.165) is 12.1 Å². The van der Waals surface area contributed by atoms with Crippen LogP contribution in [0.1, 0.15) is 22.8 Å². The highest BCUT2D eigenvalue weighted by Gasteiger charge is 2.31. The number of alkyl halides is 3. The molecule has 112 valence electrons. The molecule has 0 aliphatic rings. The minimum absolute atomic E-state index is 0.100. The van der Waals surface area contributed by atoms with Crippen molar-refractivity contribution in [2.24, 2.45) is 0 Å². The number of aliphatic hydroxyl groups is 1. The van der Waals surface area contributed by atoms with Crippen molar-refractivity contribution in [3.63, 3.8) is 0 Å². The third-order valence-electron chi connectivity index (χ3n) is 2.88. The van der Waals surface area contributed by atoms with E-state index in [9.17, 15) is 18.3 Å². The fourth-order valence-electron chi connectivity index (χ4n) is 1.79. The van der Waals surface area contributed by atoms with Crippen molar-refractivity contribution in [1.82, 2.24) is 0 Å². The van der Waals surface area contributed by atoms with Gasteiger partial charge in [0.1, 0.15) is 6.10 Å². The van der Waals surface area contributed by atoms with Gasteiger partial charge in [0.15, 0.2) is 0 Å². The Hall–Kier alpha value is -0.750. The summed E-state index contributed by atoms with van der Waals surface area (Å²) in [6, 6.07) is 7.49. The van der Waals surface area contributed by atoms with Crippen molar-refractivity contribution in [3.8, 4) is 0 Å². The topological polar surface area (TPSA) is 20.2 Å². The van der Waals surface area contributed by atoms with Gasteiger partial charge in [0.05, 0.1) is 15.6 Å². The Labute approximate surface area is 137 Å². The van der Waals surface area contributed by atoms with Crippen LogP contribution in [0.2, 0.25) is 10.0 Å². The molecule has 0 amide bonds. The van der Waals surface area contributed by atoms with E-state index in [-0.39, 0.29) is 10.6 Å². The molecule has 7 heteroatoms. The summed E-state index contributed by atoms with van der Waals surface area (Å²) in [5.41, 5.74) is -0.382. The lowest BCUT2D eigenvalue weighted by atomic mass is 9.99. The van der Waals surface area contributed by atoms with Crippen molar-refractivity contribution in [2.75, 3.05) is 0 Å². The van der Waals surface area contributed by atoms with Crippen LogP contribution < -0.4 is 0 Å². The standard InChI is InChI=1S/C14H8BrCl2F3O/c15-10-3-2-8(14(18,19)20)6-9(10)13(21)7-1-4-11(16)12(17)5-7/h1-6,13,21H. The molecule has 0 aromatic heterocycles. The number of hydrogen-bond donors (Lipinski definition) is 1.